The zero-order chi connectivity index (χ0) is 15.4. The Bertz CT molecular complexity index is 553. The van der Waals surface area contributed by atoms with Gasteiger partial charge in [-0.25, -0.2) is 9.37 Å². The van der Waals surface area contributed by atoms with Crippen LogP contribution in [0.3, 0.4) is 0 Å². The summed E-state index contributed by atoms with van der Waals surface area (Å²) in [6.45, 7) is 1.96. The fraction of sp³-hybridized carbons (Fsp3) is 0.462. The average molecular weight is 298 g/mol. The minimum atomic E-state index is -1.29. The Hall–Kier alpha value is -2.09. The maximum absolute atomic E-state index is 13.6. The highest BCUT2D eigenvalue weighted by Crippen LogP contribution is 2.13. The Balaban J connectivity index is 2.06. The summed E-state index contributed by atoms with van der Waals surface area (Å²) in [5.74, 6) is -3.53. The normalized spacial score (nSPS) is 16.6. The summed E-state index contributed by atoms with van der Waals surface area (Å²) in [6.07, 6.45) is 1.69. The highest BCUT2D eigenvalue weighted by Gasteiger charge is 2.24. The van der Waals surface area contributed by atoms with Crippen molar-refractivity contribution in [1.82, 2.24) is 14.8 Å². The van der Waals surface area contributed by atoms with E-state index in [1.807, 2.05) is 4.90 Å². The van der Waals surface area contributed by atoms with Crippen LogP contribution in [-0.2, 0) is 4.79 Å². The first kappa shape index (κ1) is 15.3. The molecule has 0 aromatic carbocycles. The van der Waals surface area contributed by atoms with E-state index < -0.39 is 23.6 Å². The van der Waals surface area contributed by atoms with Crippen molar-refractivity contribution < 1.29 is 18.4 Å². The van der Waals surface area contributed by atoms with Gasteiger partial charge in [-0.3, -0.25) is 14.5 Å². The third kappa shape index (κ3) is 3.72. The molecule has 0 unspecified atom stereocenters. The van der Waals surface area contributed by atoms with Gasteiger partial charge in [0.15, 0.2) is 5.82 Å². The lowest BCUT2D eigenvalue weighted by Crippen LogP contribution is -2.38. The first-order chi connectivity index (χ1) is 9.99. The highest BCUT2D eigenvalue weighted by molar-refractivity contribution is 5.94. The Morgan fingerprint density at radius 3 is 2.71 bits per heavy atom. The van der Waals surface area contributed by atoms with Gasteiger partial charge in [0.05, 0.1) is 12.1 Å². The van der Waals surface area contributed by atoms with Gasteiger partial charge in [0.2, 0.25) is 11.9 Å². The number of primary amides is 1. The Labute approximate surface area is 120 Å². The number of amides is 2. The van der Waals surface area contributed by atoms with Crippen LogP contribution in [-0.4, -0.2) is 59.3 Å². The molecule has 1 aromatic heterocycles. The minimum absolute atomic E-state index is 0.125. The molecule has 1 aliphatic heterocycles. The van der Waals surface area contributed by atoms with Crippen molar-refractivity contribution in [2.75, 3.05) is 32.7 Å². The summed E-state index contributed by atoms with van der Waals surface area (Å²) in [5.41, 5.74) is 4.81. The van der Waals surface area contributed by atoms with Gasteiger partial charge >= 0.3 is 0 Å². The molecule has 2 amide bonds. The second kappa shape index (κ2) is 6.57. The molecule has 1 aliphatic rings. The molecule has 2 N–H and O–H groups in total. The molecule has 1 fully saturated rings. The van der Waals surface area contributed by atoms with Crippen LogP contribution in [0, 0.1) is 11.8 Å². The van der Waals surface area contributed by atoms with Crippen molar-refractivity contribution in [2.45, 2.75) is 6.42 Å². The van der Waals surface area contributed by atoms with Crippen LogP contribution < -0.4 is 5.73 Å². The standard InChI is InChI=1S/C13H16F2N4O2/c14-11-9(2-3-17-12(11)15)13(21)19-5-1-4-18(6-7-19)8-10(16)20/h2-3H,1,4-8H2,(H2,16,20). The highest BCUT2D eigenvalue weighted by atomic mass is 19.2. The number of nitrogens with two attached hydrogens (primary N) is 1. The number of carbonyl (C=O) groups is 2. The monoisotopic (exact) mass is 298 g/mol. The van der Waals surface area contributed by atoms with Crippen molar-refractivity contribution >= 4 is 11.8 Å². The molecule has 0 saturated carbocycles. The third-order valence-electron chi connectivity index (χ3n) is 3.33. The molecule has 0 bridgehead atoms. The van der Waals surface area contributed by atoms with Crippen LogP contribution in [0.2, 0.25) is 0 Å². The molecule has 1 saturated heterocycles. The van der Waals surface area contributed by atoms with E-state index in [0.717, 1.165) is 12.3 Å². The second-order valence-electron chi connectivity index (χ2n) is 4.85. The van der Waals surface area contributed by atoms with Gasteiger partial charge in [-0.15, -0.1) is 0 Å². The zero-order valence-electron chi connectivity index (χ0n) is 11.4. The Morgan fingerprint density at radius 2 is 2.00 bits per heavy atom. The van der Waals surface area contributed by atoms with Crippen LogP contribution in [0.25, 0.3) is 0 Å². The number of hydrogen-bond acceptors (Lipinski definition) is 4. The first-order valence-electron chi connectivity index (χ1n) is 6.59. The lowest BCUT2D eigenvalue weighted by atomic mass is 10.2. The molecule has 6 nitrogen and oxygen atoms in total. The van der Waals surface area contributed by atoms with Gasteiger partial charge in [0.1, 0.15) is 0 Å². The number of nitrogens with zero attached hydrogens (tertiary/aromatic N) is 3. The first-order valence-corrected chi connectivity index (χ1v) is 6.59. The molecular formula is C13H16F2N4O2. The van der Waals surface area contributed by atoms with Gasteiger partial charge < -0.3 is 10.6 Å². The van der Waals surface area contributed by atoms with E-state index in [1.165, 1.54) is 4.90 Å². The molecular weight excluding hydrogens is 282 g/mol. The lowest BCUT2D eigenvalue weighted by molar-refractivity contribution is -0.119. The fourth-order valence-electron chi connectivity index (χ4n) is 2.31. The Kier molecular flexibility index (Phi) is 4.79. The van der Waals surface area contributed by atoms with Gasteiger partial charge in [-0.05, 0) is 12.5 Å². The van der Waals surface area contributed by atoms with Crippen molar-refractivity contribution in [2.24, 2.45) is 5.73 Å². The van der Waals surface area contributed by atoms with Gasteiger partial charge in [-0.2, -0.15) is 4.39 Å². The van der Waals surface area contributed by atoms with Crippen molar-refractivity contribution in [3.8, 4) is 0 Å². The summed E-state index contributed by atoms with van der Waals surface area (Å²) in [6, 6.07) is 1.16. The maximum atomic E-state index is 13.6. The quantitative estimate of drug-likeness (QED) is 0.796. The smallest absolute Gasteiger partial charge is 0.257 e. The zero-order valence-corrected chi connectivity index (χ0v) is 11.4. The number of aromatic nitrogens is 1. The number of rotatable bonds is 3. The molecule has 2 rings (SSSR count). The molecule has 0 spiro atoms. The van der Waals surface area contributed by atoms with Crippen LogP contribution >= 0.6 is 0 Å². The molecule has 2 heterocycles. The number of halogens is 2. The van der Waals surface area contributed by atoms with Crippen molar-refractivity contribution in [3.63, 3.8) is 0 Å². The SMILES string of the molecule is NC(=O)CN1CCCN(C(=O)c2ccnc(F)c2F)CC1. The predicted octanol–water partition coefficient (Wildman–Crippen LogP) is -0.00700. The van der Waals surface area contributed by atoms with Gasteiger partial charge in [0.25, 0.3) is 5.91 Å². The van der Waals surface area contributed by atoms with Crippen LogP contribution in [0.5, 0.6) is 0 Å². The minimum Gasteiger partial charge on any atom is -0.369 e. The number of hydrogen-bond donors (Lipinski definition) is 1. The molecule has 0 aliphatic carbocycles. The van der Waals surface area contributed by atoms with Crippen LogP contribution in [0.4, 0.5) is 8.78 Å². The third-order valence-corrected chi connectivity index (χ3v) is 3.33. The van der Waals surface area contributed by atoms with E-state index >= 15 is 0 Å². The van der Waals surface area contributed by atoms with Crippen molar-refractivity contribution in [3.05, 3.63) is 29.6 Å². The van der Waals surface area contributed by atoms with E-state index in [-0.39, 0.29) is 12.1 Å². The maximum Gasteiger partial charge on any atom is 0.257 e. The summed E-state index contributed by atoms with van der Waals surface area (Å²) in [4.78, 5) is 29.6. The van der Waals surface area contributed by atoms with Crippen LogP contribution in [0.1, 0.15) is 16.8 Å². The number of pyridine rings is 1. The number of carbonyl (C=O) groups excluding carboxylic acids is 2. The molecule has 1 aromatic rings. The second-order valence-corrected chi connectivity index (χ2v) is 4.85. The molecule has 21 heavy (non-hydrogen) atoms. The van der Waals surface area contributed by atoms with Gasteiger partial charge in [-0.1, -0.05) is 0 Å². The largest absolute Gasteiger partial charge is 0.369 e. The summed E-state index contributed by atoms with van der Waals surface area (Å²) in [5, 5.41) is 0. The van der Waals surface area contributed by atoms with E-state index in [2.05, 4.69) is 4.98 Å². The van der Waals surface area contributed by atoms with Crippen molar-refractivity contribution in [1.29, 1.82) is 0 Å². The van der Waals surface area contributed by atoms with E-state index in [0.29, 0.717) is 32.6 Å². The van der Waals surface area contributed by atoms with E-state index in [9.17, 15) is 18.4 Å². The topological polar surface area (TPSA) is 79.5 Å². The molecule has 0 atom stereocenters. The van der Waals surface area contributed by atoms with E-state index in [1.54, 1.807) is 0 Å². The average Bonchev–Trinajstić information content (AvgIpc) is 2.66. The lowest BCUT2D eigenvalue weighted by Gasteiger charge is -2.21. The predicted molar refractivity (Wildman–Crippen MR) is 70.3 cm³/mol. The molecule has 8 heteroatoms. The van der Waals surface area contributed by atoms with E-state index in [4.69, 9.17) is 5.73 Å². The summed E-state index contributed by atoms with van der Waals surface area (Å²) in [7, 11) is 0. The summed E-state index contributed by atoms with van der Waals surface area (Å²) < 4.78 is 26.7. The summed E-state index contributed by atoms with van der Waals surface area (Å²) >= 11 is 0. The Morgan fingerprint density at radius 1 is 1.24 bits per heavy atom. The van der Waals surface area contributed by atoms with Crippen LogP contribution in [0.15, 0.2) is 12.3 Å². The molecule has 114 valence electrons. The molecule has 0 radical (unpaired) electrons. The van der Waals surface area contributed by atoms with Gasteiger partial charge in [0, 0.05) is 32.4 Å². The fourth-order valence-corrected chi connectivity index (χ4v) is 2.31.